The summed E-state index contributed by atoms with van der Waals surface area (Å²) in [6.07, 6.45) is 0. The Morgan fingerprint density at radius 1 is 0.867 bits per heavy atom. The molecule has 0 aliphatic heterocycles. The highest BCUT2D eigenvalue weighted by Crippen LogP contribution is 2.26. The van der Waals surface area contributed by atoms with Crippen LogP contribution >= 0.6 is 0 Å². The van der Waals surface area contributed by atoms with E-state index in [1.165, 1.54) is 0 Å². The molecule has 0 saturated heterocycles. The Balaban J connectivity index is 1.78. The molecule has 0 amide bonds. The SMILES string of the molecule is COc1cccc(N=c2oc3ccc(OC)cc3cc2-c2nc3ccccc3[nH]2)c1. The van der Waals surface area contributed by atoms with Crippen molar-refractivity contribution in [3.8, 4) is 22.9 Å². The van der Waals surface area contributed by atoms with Crippen molar-refractivity contribution >= 4 is 27.7 Å². The molecule has 0 unspecified atom stereocenters. The van der Waals surface area contributed by atoms with E-state index in [0.717, 1.165) is 39.2 Å². The molecule has 0 aliphatic carbocycles. The van der Waals surface area contributed by atoms with Crippen molar-refractivity contribution in [3.63, 3.8) is 0 Å². The van der Waals surface area contributed by atoms with Crippen molar-refractivity contribution in [3.05, 3.63) is 78.4 Å². The number of H-pyrrole nitrogens is 1. The number of fused-ring (bicyclic) bond motifs is 2. The molecule has 0 atom stereocenters. The highest BCUT2D eigenvalue weighted by molar-refractivity contribution is 5.84. The molecule has 148 valence electrons. The van der Waals surface area contributed by atoms with Gasteiger partial charge in [0.15, 0.2) is 0 Å². The number of hydrogen-bond acceptors (Lipinski definition) is 5. The lowest BCUT2D eigenvalue weighted by Gasteiger charge is -2.05. The zero-order chi connectivity index (χ0) is 20.5. The molecule has 0 aliphatic rings. The molecule has 0 saturated carbocycles. The van der Waals surface area contributed by atoms with Gasteiger partial charge in [0.2, 0.25) is 5.55 Å². The summed E-state index contributed by atoms with van der Waals surface area (Å²) in [4.78, 5) is 12.9. The minimum absolute atomic E-state index is 0.458. The third-order valence-electron chi connectivity index (χ3n) is 4.88. The molecule has 5 aromatic rings. The number of rotatable bonds is 4. The molecule has 3 aromatic carbocycles. The predicted molar refractivity (Wildman–Crippen MR) is 116 cm³/mol. The zero-order valence-corrected chi connectivity index (χ0v) is 16.5. The fourth-order valence-electron chi connectivity index (χ4n) is 3.37. The van der Waals surface area contributed by atoms with Crippen molar-refractivity contribution in [1.82, 2.24) is 9.97 Å². The van der Waals surface area contributed by atoms with Crippen LogP contribution in [0.15, 0.2) is 82.2 Å². The number of ether oxygens (including phenoxy) is 2. The Morgan fingerprint density at radius 2 is 1.70 bits per heavy atom. The quantitative estimate of drug-likeness (QED) is 0.451. The minimum Gasteiger partial charge on any atom is -0.497 e. The summed E-state index contributed by atoms with van der Waals surface area (Å²) in [5, 5.41) is 0.898. The van der Waals surface area contributed by atoms with Crippen molar-refractivity contribution < 1.29 is 13.9 Å². The number of para-hydroxylation sites is 2. The van der Waals surface area contributed by atoms with Gasteiger partial charge >= 0.3 is 0 Å². The van der Waals surface area contributed by atoms with Gasteiger partial charge in [0.1, 0.15) is 22.9 Å². The Labute approximate surface area is 172 Å². The summed E-state index contributed by atoms with van der Waals surface area (Å²) >= 11 is 0. The van der Waals surface area contributed by atoms with E-state index in [9.17, 15) is 0 Å². The second-order valence-electron chi connectivity index (χ2n) is 6.78. The van der Waals surface area contributed by atoms with Crippen LogP contribution in [0.4, 0.5) is 5.69 Å². The van der Waals surface area contributed by atoms with E-state index in [1.807, 2.05) is 72.8 Å². The molecular formula is C24H19N3O3. The van der Waals surface area contributed by atoms with Crippen LogP contribution in [0.5, 0.6) is 11.5 Å². The summed E-state index contributed by atoms with van der Waals surface area (Å²) in [6, 6.07) is 23.1. The molecule has 0 bridgehead atoms. The van der Waals surface area contributed by atoms with Gasteiger partial charge in [-0.3, -0.25) is 0 Å². The maximum Gasteiger partial charge on any atom is 0.230 e. The van der Waals surface area contributed by atoms with Gasteiger partial charge in [0.25, 0.3) is 0 Å². The zero-order valence-electron chi connectivity index (χ0n) is 16.5. The highest BCUT2D eigenvalue weighted by atomic mass is 16.5. The van der Waals surface area contributed by atoms with E-state index in [0.29, 0.717) is 17.0 Å². The summed E-state index contributed by atoms with van der Waals surface area (Å²) in [7, 11) is 3.28. The first-order valence-corrected chi connectivity index (χ1v) is 9.49. The number of benzene rings is 3. The second-order valence-corrected chi connectivity index (χ2v) is 6.78. The van der Waals surface area contributed by atoms with Crippen molar-refractivity contribution in [2.75, 3.05) is 14.2 Å². The molecule has 1 N–H and O–H groups in total. The lowest BCUT2D eigenvalue weighted by atomic mass is 10.1. The number of aromatic amines is 1. The molecule has 6 nitrogen and oxygen atoms in total. The van der Waals surface area contributed by atoms with E-state index < -0.39 is 0 Å². The number of nitrogens with zero attached hydrogens (tertiary/aromatic N) is 2. The van der Waals surface area contributed by atoms with Crippen LogP contribution in [0.3, 0.4) is 0 Å². The Bertz CT molecular complexity index is 1400. The molecule has 6 heteroatoms. The van der Waals surface area contributed by atoms with Gasteiger partial charge in [0.05, 0.1) is 36.5 Å². The molecule has 2 aromatic heterocycles. The van der Waals surface area contributed by atoms with Crippen molar-refractivity contribution in [1.29, 1.82) is 0 Å². The van der Waals surface area contributed by atoms with E-state index >= 15 is 0 Å². The fraction of sp³-hybridized carbons (Fsp3) is 0.0833. The standard InChI is InChI=1S/C24H19N3O3/c1-28-17-7-5-6-16(14-17)25-24-19(23-26-20-8-3-4-9-21(20)27-23)13-15-12-18(29-2)10-11-22(15)30-24/h3-14H,1-2H3,(H,26,27). The number of methoxy groups -OCH3 is 2. The van der Waals surface area contributed by atoms with Crippen LogP contribution in [0, 0.1) is 0 Å². The molecule has 30 heavy (non-hydrogen) atoms. The van der Waals surface area contributed by atoms with Gasteiger partial charge in [0, 0.05) is 11.5 Å². The summed E-state index contributed by atoms with van der Waals surface area (Å²) in [6.45, 7) is 0. The van der Waals surface area contributed by atoms with E-state index in [-0.39, 0.29) is 0 Å². The lowest BCUT2D eigenvalue weighted by molar-refractivity contribution is 0.414. The molecule has 2 heterocycles. The molecule has 0 spiro atoms. The monoisotopic (exact) mass is 397 g/mol. The van der Waals surface area contributed by atoms with Gasteiger partial charge < -0.3 is 18.9 Å². The minimum atomic E-state index is 0.458. The number of nitrogens with one attached hydrogen (secondary N) is 1. The number of hydrogen-bond donors (Lipinski definition) is 1. The summed E-state index contributed by atoms with van der Waals surface area (Å²) in [5.74, 6) is 2.17. The van der Waals surface area contributed by atoms with Crippen LogP contribution in [0.25, 0.3) is 33.4 Å². The summed E-state index contributed by atoms with van der Waals surface area (Å²) in [5.41, 5.74) is 4.48. The maximum absolute atomic E-state index is 6.20. The Kier molecular flexibility index (Phi) is 4.44. The maximum atomic E-state index is 6.20. The van der Waals surface area contributed by atoms with Crippen LogP contribution in [0.1, 0.15) is 0 Å². The second kappa shape index (κ2) is 7.40. The van der Waals surface area contributed by atoms with Crippen LogP contribution < -0.4 is 15.0 Å². The van der Waals surface area contributed by atoms with Gasteiger partial charge in [-0.1, -0.05) is 18.2 Å². The highest BCUT2D eigenvalue weighted by Gasteiger charge is 2.12. The van der Waals surface area contributed by atoms with E-state index in [4.69, 9.17) is 23.9 Å². The first kappa shape index (κ1) is 18.0. The molecule has 0 fully saturated rings. The largest absolute Gasteiger partial charge is 0.497 e. The fourth-order valence-corrected chi connectivity index (χ4v) is 3.37. The van der Waals surface area contributed by atoms with Crippen LogP contribution in [-0.4, -0.2) is 24.2 Å². The average molecular weight is 397 g/mol. The normalized spacial score (nSPS) is 11.9. The van der Waals surface area contributed by atoms with Gasteiger partial charge in [-0.15, -0.1) is 0 Å². The smallest absolute Gasteiger partial charge is 0.230 e. The first-order valence-electron chi connectivity index (χ1n) is 9.49. The van der Waals surface area contributed by atoms with E-state index in [1.54, 1.807) is 14.2 Å². The first-order chi connectivity index (χ1) is 14.7. The Morgan fingerprint density at radius 3 is 2.53 bits per heavy atom. The van der Waals surface area contributed by atoms with Crippen LogP contribution in [0.2, 0.25) is 0 Å². The number of aromatic nitrogens is 2. The topological polar surface area (TPSA) is 72.6 Å². The van der Waals surface area contributed by atoms with E-state index in [2.05, 4.69) is 4.98 Å². The third kappa shape index (κ3) is 3.28. The predicted octanol–water partition coefficient (Wildman–Crippen LogP) is 5.23. The van der Waals surface area contributed by atoms with Crippen molar-refractivity contribution in [2.24, 2.45) is 4.99 Å². The van der Waals surface area contributed by atoms with Gasteiger partial charge in [-0.05, 0) is 48.5 Å². The molecular weight excluding hydrogens is 378 g/mol. The van der Waals surface area contributed by atoms with Gasteiger partial charge in [-0.25, -0.2) is 9.98 Å². The Hall–Kier alpha value is -4.06. The third-order valence-corrected chi connectivity index (χ3v) is 4.88. The molecule has 0 radical (unpaired) electrons. The summed E-state index contributed by atoms with van der Waals surface area (Å²) < 4.78 is 16.9. The average Bonchev–Trinajstić information content (AvgIpc) is 3.22. The van der Waals surface area contributed by atoms with Crippen molar-refractivity contribution in [2.45, 2.75) is 0 Å². The van der Waals surface area contributed by atoms with Crippen LogP contribution in [-0.2, 0) is 0 Å². The van der Waals surface area contributed by atoms with Gasteiger partial charge in [-0.2, -0.15) is 0 Å². The lowest BCUT2D eigenvalue weighted by Crippen LogP contribution is -2.06. The molecule has 5 rings (SSSR count). The number of imidazole rings is 1.